The van der Waals surface area contributed by atoms with Crippen molar-refractivity contribution in [3.8, 4) is 11.5 Å². The maximum absolute atomic E-state index is 14.5. The molecule has 0 bridgehead atoms. The van der Waals surface area contributed by atoms with E-state index in [0.717, 1.165) is 11.1 Å². The number of benzene rings is 2. The summed E-state index contributed by atoms with van der Waals surface area (Å²) in [6.45, 7) is 10.5. The summed E-state index contributed by atoms with van der Waals surface area (Å²) in [4.78, 5) is 177. The zero-order valence-electron chi connectivity index (χ0n) is 61.5. The monoisotopic (exact) mass is 1650 g/mol. The van der Waals surface area contributed by atoms with Gasteiger partial charge in [-0.3, -0.25) is 86.9 Å². The average Bonchev–Trinajstić information content (AvgIpc) is 1.15. The quantitative estimate of drug-likeness (QED) is 0.0415. The number of nitrogens with zero attached hydrogens (tertiary/aromatic N) is 10. The number of aromatic nitrogens is 4. The Kier molecular flexibility index (Phi) is 29.7. The Morgan fingerprint density at radius 1 is 0.373 bits per heavy atom. The number of carbonyl (C=O) groups is 8. The van der Waals surface area contributed by atoms with Crippen LogP contribution in [-0.2, 0) is 58.6 Å². The van der Waals surface area contributed by atoms with Gasteiger partial charge in [-0.25, -0.2) is 0 Å². The van der Waals surface area contributed by atoms with E-state index in [0.29, 0.717) is 89.2 Å². The van der Waals surface area contributed by atoms with E-state index in [9.17, 15) is 57.5 Å². The SMILES string of the molecule is Cc1c(C(=O)N2CCSC2=S)cc(C)n(CC(=O)NCCN(CCNC(=O)Cn2c(C)cc(C(=O)N3CCSC3=S)c(C)c2=O)CCN(CCNC(=O)Cn2c(C)cc(C(=O)N3CCSC3=S)c(OCc3ccccc3)c2=O)CCNC(=O)Cn2c(C)cc(C(=O)N3CCSC3=S)c(OCc3ccccc3)c2=O)c1=O. The van der Waals surface area contributed by atoms with Crippen molar-refractivity contribution in [2.45, 2.75) is 80.9 Å². The molecule has 0 aliphatic carbocycles. The molecule has 0 saturated carbocycles. The summed E-state index contributed by atoms with van der Waals surface area (Å²) in [5.74, 6) is -1.98. The van der Waals surface area contributed by atoms with E-state index >= 15 is 0 Å². The van der Waals surface area contributed by atoms with Crippen molar-refractivity contribution in [2.24, 2.45) is 0 Å². The van der Waals surface area contributed by atoms with Crippen molar-refractivity contribution < 1.29 is 47.8 Å². The summed E-state index contributed by atoms with van der Waals surface area (Å²) in [6, 6.07) is 24.3. The smallest absolute Gasteiger partial charge is 0.294 e. The van der Waals surface area contributed by atoms with E-state index in [-0.39, 0.29) is 137 Å². The number of ether oxygens (including phenoxy) is 2. The minimum Gasteiger partial charge on any atom is -0.482 e. The molecule has 2 aromatic carbocycles. The van der Waals surface area contributed by atoms with Gasteiger partial charge in [0.2, 0.25) is 23.6 Å². The van der Waals surface area contributed by atoms with Gasteiger partial charge < -0.3 is 49.0 Å². The highest BCUT2D eigenvalue weighted by Crippen LogP contribution is 2.29. The van der Waals surface area contributed by atoms with Crippen LogP contribution in [0.1, 0.15) is 86.5 Å². The van der Waals surface area contributed by atoms with Gasteiger partial charge in [-0.15, -0.1) is 0 Å². The first-order valence-corrected chi connectivity index (χ1v) is 41.0. The largest absolute Gasteiger partial charge is 0.482 e. The van der Waals surface area contributed by atoms with Gasteiger partial charge in [0.25, 0.3) is 45.9 Å². The molecule has 4 saturated heterocycles. The molecule has 8 amide bonds. The van der Waals surface area contributed by atoms with E-state index in [1.54, 1.807) is 39.8 Å². The Balaban J connectivity index is 0.873. The van der Waals surface area contributed by atoms with Crippen molar-refractivity contribution in [3.05, 3.63) is 194 Å². The lowest BCUT2D eigenvalue weighted by Crippen LogP contribution is -2.47. The molecule has 0 atom stereocenters. The first-order chi connectivity index (χ1) is 52.7. The average molecular weight is 1650 g/mol. The van der Waals surface area contributed by atoms with Crippen molar-refractivity contribution in [3.63, 3.8) is 0 Å². The molecule has 4 aromatic heterocycles. The van der Waals surface area contributed by atoms with Gasteiger partial charge in [-0.1, -0.05) is 157 Å². The van der Waals surface area contributed by atoms with Crippen LogP contribution in [-0.4, -0.2) is 227 Å². The third-order valence-corrected chi connectivity index (χ3v) is 24.5. The van der Waals surface area contributed by atoms with Gasteiger partial charge in [0.15, 0.2) is 11.5 Å². The standard InChI is InChI=1S/C74H84N14O14S8/c1-45-35-53(65(95)81-27-31-107-71(81)103)49(5)63(93)85(45)39-57(89)75-17-21-79(22-18-76-58(90)40-86-46(2)36-54(50(6)64(86)94)66(96)82-28-32-108-72(82)104)25-26-80(23-19-77-59(91)41-87-47(3)37-55(67(97)83-29-33-109-73(83)105)61(69(87)99)101-43-51-13-9-7-10-14-51)24-20-78-60(92)42-88-48(4)38-56(68(98)84-30-34-110-74(84)106)62(70(88)100)102-44-52-15-11-8-12-16-52/h7-16,35-38H,17-34,39-44H2,1-6H3,(H,75,89)(H,76,90)(H,77,91)(H,78,92). The fourth-order valence-corrected chi connectivity index (χ4v) is 17.4. The van der Waals surface area contributed by atoms with Crippen LogP contribution in [0.4, 0.5) is 0 Å². The van der Waals surface area contributed by atoms with Gasteiger partial charge in [-0.05, 0) is 76.9 Å². The molecule has 4 N–H and O–H groups in total. The highest BCUT2D eigenvalue weighted by atomic mass is 32.2. The van der Waals surface area contributed by atoms with Gasteiger partial charge in [-0.2, -0.15) is 0 Å². The zero-order chi connectivity index (χ0) is 79.0. The summed E-state index contributed by atoms with van der Waals surface area (Å²) < 4.78 is 18.8. The second-order valence-corrected chi connectivity index (χ2v) is 33.1. The fraction of sp³-hybridized carbons (Fsp3) is 0.405. The lowest BCUT2D eigenvalue weighted by molar-refractivity contribution is -0.122. The molecule has 0 radical (unpaired) electrons. The maximum Gasteiger partial charge on any atom is 0.294 e. The van der Waals surface area contributed by atoms with E-state index in [1.807, 2.05) is 70.5 Å². The second kappa shape index (κ2) is 39.0. The van der Waals surface area contributed by atoms with Crippen molar-refractivity contribution in [1.29, 1.82) is 0 Å². The number of thioether (sulfide) groups is 4. The van der Waals surface area contributed by atoms with Crippen molar-refractivity contribution in [1.82, 2.24) is 68.9 Å². The summed E-state index contributed by atoms with van der Waals surface area (Å²) in [7, 11) is 0. The van der Waals surface area contributed by atoms with Gasteiger partial charge in [0.05, 0.1) is 22.3 Å². The van der Waals surface area contributed by atoms with E-state index in [4.69, 9.17) is 58.3 Å². The minimum absolute atomic E-state index is 0.00115. The Morgan fingerprint density at radius 2 is 0.627 bits per heavy atom. The predicted molar refractivity (Wildman–Crippen MR) is 442 cm³/mol. The Labute approximate surface area is 673 Å². The number of thiocarbonyl (C=S) groups is 4. The van der Waals surface area contributed by atoms with Gasteiger partial charge in [0.1, 0.15) is 56.7 Å². The highest BCUT2D eigenvalue weighted by Gasteiger charge is 2.34. The number of carbonyl (C=O) groups excluding carboxylic acids is 8. The molecule has 110 heavy (non-hydrogen) atoms. The zero-order valence-corrected chi connectivity index (χ0v) is 68.0. The normalized spacial score (nSPS) is 14.3. The molecule has 0 spiro atoms. The number of aryl methyl sites for hydroxylation is 4. The first kappa shape index (κ1) is 83.7. The Bertz CT molecular complexity index is 4580. The van der Waals surface area contributed by atoms with Crippen LogP contribution < -0.4 is 53.0 Å². The molecule has 4 aliphatic heterocycles. The maximum atomic E-state index is 14.5. The molecule has 4 aliphatic rings. The number of nitrogens with one attached hydrogen (secondary N) is 4. The number of hydrogen-bond acceptors (Lipinski definition) is 24. The van der Waals surface area contributed by atoms with Crippen LogP contribution in [0.2, 0.25) is 0 Å². The molecule has 10 rings (SSSR count). The van der Waals surface area contributed by atoms with Crippen LogP contribution in [0.15, 0.2) is 104 Å². The lowest BCUT2D eigenvalue weighted by atomic mass is 10.1. The van der Waals surface area contributed by atoms with Crippen LogP contribution in [0.5, 0.6) is 11.5 Å². The topological polar surface area (TPSA) is 311 Å². The van der Waals surface area contributed by atoms with E-state index < -0.39 is 82.6 Å². The Hall–Kier alpha value is -8.72. The minimum atomic E-state index is -0.709. The molecule has 4 fully saturated rings. The predicted octanol–water partition coefficient (Wildman–Crippen LogP) is 4.41. The summed E-state index contributed by atoms with van der Waals surface area (Å²) in [5.41, 5.74) is 1.08. The molecule has 8 heterocycles. The highest BCUT2D eigenvalue weighted by molar-refractivity contribution is 8.24. The molecule has 0 unspecified atom stereocenters. The molecular formula is C74H84N14O14S8. The Morgan fingerprint density at radius 3 is 0.891 bits per heavy atom. The molecular weight excluding hydrogens is 1570 g/mol. The van der Waals surface area contributed by atoms with Crippen molar-refractivity contribution >= 4 is 160 Å². The number of hydrogen-bond donors (Lipinski definition) is 4. The second-order valence-electron chi connectivity index (χ2n) is 26.2. The number of amides is 8. The summed E-state index contributed by atoms with van der Waals surface area (Å²) in [6.07, 6.45) is 0. The van der Waals surface area contributed by atoms with Crippen molar-refractivity contribution in [2.75, 3.05) is 115 Å². The fourth-order valence-electron chi connectivity index (χ4n) is 12.6. The van der Waals surface area contributed by atoms with Gasteiger partial charge in [0, 0.05) is 149 Å². The summed E-state index contributed by atoms with van der Waals surface area (Å²) >= 11 is 27.2. The number of rotatable bonds is 33. The molecule has 36 heteroatoms. The van der Waals surface area contributed by atoms with E-state index in [2.05, 4.69) is 21.3 Å². The van der Waals surface area contributed by atoms with Crippen LogP contribution >= 0.6 is 95.9 Å². The number of pyridine rings is 4. The van der Waals surface area contributed by atoms with Crippen LogP contribution in [0, 0.1) is 41.5 Å². The van der Waals surface area contributed by atoms with E-state index in [1.165, 1.54) is 111 Å². The van der Waals surface area contributed by atoms with Crippen LogP contribution in [0.3, 0.4) is 0 Å². The third kappa shape index (κ3) is 20.9. The summed E-state index contributed by atoms with van der Waals surface area (Å²) in [5, 5.41) is 11.6. The van der Waals surface area contributed by atoms with Crippen LogP contribution in [0.25, 0.3) is 0 Å². The first-order valence-electron chi connectivity index (χ1n) is 35.4. The van der Waals surface area contributed by atoms with Gasteiger partial charge >= 0.3 is 0 Å². The molecule has 6 aromatic rings. The molecule has 28 nitrogen and oxygen atoms in total. The third-order valence-electron chi connectivity index (χ3n) is 18.8. The molecule has 582 valence electrons. The lowest BCUT2D eigenvalue weighted by Gasteiger charge is -2.28.